The summed E-state index contributed by atoms with van der Waals surface area (Å²) < 4.78 is -1.24. The molecule has 6 nitrogen and oxygen atoms in total. The van der Waals surface area contributed by atoms with Crippen LogP contribution in [-0.2, 0) is 14.4 Å². The zero-order valence-corrected chi connectivity index (χ0v) is 11.7. The quantitative estimate of drug-likeness (QED) is 0.713. The van der Waals surface area contributed by atoms with E-state index in [1.807, 2.05) is 0 Å². The lowest BCUT2D eigenvalue weighted by Crippen LogP contribution is -2.41. The molecule has 0 aliphatic carbocycles. The summed E-state index contributed by atoms with van der Waals surface area (Å²) in [6.07, 6.45) is -0.380. The maximum absolute atomic E-state index is 11.8. The van der Waals surface area contributed by atoms with E-state index in [1.54, 1.807) is 16.7 Å². The Kier molecular flexibility index (Phi) is 5.33. The van der Waals surface area contributed by atoms with Gasteiger partial charge in [0.2, 0.25) is 11.8 Å². The van der Waals surface area contributed by atoms with Crippen LogP contribution in [0.25, 0.3) is 0 Å². The van der Waals surface area contributed by atoms with Crippen molar-refractivity contribution in [3.8, 4) is 0 Å². The van der Waals surface area contributed by atoms with Crippen molar-refractivity contribution >= 4 is 41.3 Å². The average molecular weight is 292 g/mol. The normalized spacial score (nSPS) is 18.4. The highest BCUT2D eigenvalue weighted by Gasteiger charge is 2.35. The molecule has 2 amide bonds. The zero-order valence-electron chi connectivity index (χ0n) is 10.0. The number of rotatable bonds is 6. The molecule has 1 unspecified atom stereocenters. The van der Waals surface area contributed by atoms with E-state index in [9.17, 15) is 14.4 Å². The smallest absolute Gasteiger partial charge is 0.305 e. The number of nitrogens with two attached hydrogens (primary N) is 1. The first kappa shape index (κ1) is 15.2. The van der Waals surface area contributed by atoms with Gasteiger partial charge in [0, 0.05) is 12.3 Å². The van der Waals surface area contributed by atoms with Gasteiger partial charge in [0.05, 0.1) is 18.1 Å². The second-order valence-corrected chi connectivity index (χ2v) is 6.70. The van der Waals surface area contributed by atoms with Crippen molar-refractivity contribution < 1.29 is 19.5 Å². The fourth-order valence-electron chi connectivity index (χ4n) is 1.42. The molecule has 3 N–H and O–H groups in total. The number of amides is 2. The summed E-state index contributed by atoms with van der Waals surface area (Å²) in [4.78, 5) is 35.5. The number of carboxylic acid groups (broad SMARTS) is 1. The largest absolute Gasteiger partial charge is 0.481 e. The third kappa shape index (κ3) is 4.09. The lowest BCUT2D eigenvalue weighted by atomic mass is 10.1. The van der Waals surface area contributed by atoms with Crippen LogP contribution in [0.15, 0.2) is 0 Å². The highest BCUT2D eigenvalue weighted by Crippen LogP contribution is 2.29. The Labute approximate surface area is 114 Å². The summed E-state index contributed by atoms with van der Waals surface area (Å²) in [7, 11) is 0. The molecule has 0 aromatic heterocycles. The van der Waals surface area contributed by atoms with Crippen molar-refractivity contribution in [1.29, 1.82) is 0 Å². The summed E-state index contributed by atoms with van der Waals surface area (Å²) in [6.45, 7) is 2.16. The predicted octanol–water partition coefficient (Wildman–Crippen LogP) is -0.0288. The summed E-state index contributed by atoms with van der Waals surface area (Å²) >= 11 is 2.67. The molecule has 0 aromatic rings. The molecule has 1 atom stereocenters. The highest BCUT2D eigenvalue weighted by molar-refractivity contribution is 8.02. The van der Waals surface area contributed by atoms with Gasteiger partial charge in [-0.05, 0) is 6.92 Å². The molecule has 0 aromatic carbocycles. The summed E-state index contributed by atoms with van der Waals surface area (Å²) in [5.41, 5.74) is 5.21. The molecule has 0 saturated carbocycles. The van der Waals surface area contributed by atoms with Gasteiger partial charge in [-0.2, -0.15) is 0 Å². The second-order valence-electron chi connectivity index (χ2n) is 4.15. The van der Waals surface area contributed by atoms with Crippen LogP contribution in [-0.4, -0.2) is 56.5 Å². The van der Waals surface area contributed by atoms with Gasteiger partial charge in [0.25, 0.3) is 0 Å². The number of hydrogen-bond donors (Lipinski definition) is 2. The fourth-order valence-corrected chi connectivity index (χ4v) is 3.39. The Morgan fingerprint density at radius 2 is 2.17 bits per heavy atom. The van der Waals surface area contributed by atoms with E-state index in [4.69, 9.17) is 10.8 Å². The lowest BCUT2D eigenvalue weighted by Gasteiger charge is -2.24. The zero-order chi connectivity index (χ0) is 13.8. The van der Waals surface area contributed by atoms with Gasteiger partial charge in [-0.15, -0.1) is 23.5 Å². The highest BCUT2D eigenvalue weighted by atomic mass is 32.2. The van der Waals surface area contributed by atoms with Gasteiger partial charge in [-0.25, -0.2) is 0 Å². The van der Waals surface area contributed by atoms with Crippen LogP contribution < -0.4 is 5.73 Å². The summed E-state index contributed by atoms with van der Waals surface area (Å²) in [6, 6.07) is 0. The number of nitrogens with zero attached hydrogens (tertiary/aromatic N) is 1. The lowest BCUT2D eigenvalue weighted by molar-refractivity contribution is -0.139. The van der Waals surface area contributed by atoms with E-state index in [0.29, 0.717) is 12.4 Å². The molecule has 1 heterocycles. The standard InChI is InChI=1S/C10H16N2O4S2/c1-10(9(11)16,4-8(14)15)18-5-7(13)12-2-3-17-6-12/h2-6H2,1H3,(H2,11,16)(H,14,15). The van der Waals surface area contributed by atoms with Crippen molar-refractivity contribution in [1.82, 2.24) is 4.90 Å². The van der Waals surface area contributed by atoms with Crippen LogP contribution in [0, 0.1) is 0 Å². The van der Waals surface area contributed by atoms with Gasteiger partial charge >= 0.3 is 5.97 Å². The Hall–Kier alpha value is -0.890. The first-order valence-corrected chi connectivity index (χ1v) is 7.50. The van der Waals surface area contributed by atoms with E-state index >= 15 is 0 Å². The number of carboxylic acids is 1. The third-order valence-electron chi connectivity index (χ3n) is 2.63. The topological polar surface area (TPSA) is 101 Å². The molecule has 102 valence electrons. The number of aliphatic carboxylic acids is 1. The monoisotopic (exact) mass is 292 g/mol. The molecule has 0 bridgehead atoms. The Balaban J connectivity index is 2.53. The fraction of sp³-hybridized carbons (Fsp3) is 0.700. The Bertz CT molecular complexity index is 358. The van der Waals surface area contributed by atoms with E-state index in [1.165, 1.54) is 6.92 Å². The average Bonchev–Trinajstić information content (AvgIpc) is 2.78. The van der Waals surface area contributed by atoms with Gasteiger partial charge in [-0.1, -0.05) is 0 Å². The molecular formula is C10H16N2O4S2. The van der Waals surface area contributed by atoms with E-state index in [2.05, 4.69) is 0 Å². The molecule has 0 spiro atoms. The number of hydrogen-bond acceptors (Lipinski definition) is 5. The maximum Gasteiger partial charge on any atom is 0.305 e. The first-order valence-electron chi connectivity index (χ1n) is 5.36. The van der Waals surface area contributed by atoms with E-state index < -0.39 is 16.6 Å². The van der Waals surface area contributed by atoms with Gasteiger partial charge in [-0.3, -0.25) is 14.4 Å². The molecule has 18 heavy (non-hydrogen) atoms. The number of primary amides is 1. The molecule has 1 fully saturated rings. The van der Waals surface area contributed by atoms with E-state index in [-0.39, 0.29) is 18.1 Å². The molecule has 8 heteroatoms. The number of carbonyl (C=O) groups is 3. The van der Waals surface area contributed by atoms with Crippen LogP contribution in [0.1, 0.15) is 13.3 Å². The van der Waals surface area contributed by atoms with Crippen molar-refractivity contribution in [3.05, 3.63) is 0 Å². The third-order valence-corrected chi connectivity index (χ3v) is 4.97. The van der Waals surface area contributed by atoms with E-state index in [0.717, 1.165) is 17.5 Å². The minimum atomic E-state index is -1.24. The second kappa shape index (κ2) is 6.33. The molecular weight excluding hydrogens is 276 g/mol. The van der Waals surface area contributed by atoms with Crippen molar-refractivity contribution in [2.24, 2.45) is 5.73 Å². The number of thioether (sulfide) groups is 2. The minimum absolute atomic E-state index is 0.0767. The molecule has 0 radical (unpaired) electrons. The van der Waals surface area contributed by atoms with Gasteiger partial charge < -0.3 is 15.7 Å². The van der Waals surface area contributed by atoms with Gasteiger partial charge in [0.1, 0.15) is 4.75 Å². The van der Waals surface area contributed by atoms with Crippen LogP contribution in [0.4, 0.5) is 0 Å². The van der Waals surface area contributed by atoms with Crippen molar-refractivity contribution in [2.75, 3.05) is 23.9 Å². The number of carbonyl (C=O) groups excluding carboxylic acids is 2. The summed E-state index contributed by atoms with van der Waals surface area (Å²) in [5.74, 6) is -0.244. The molecule has 1 saturated heterocycles. The summed E-state index contributed by atoms with van der Waals surface area (Å²) in [5, 5.41) is 8.75. The SMILES string of the molecule is CC(CC(=O)O)(SCC(=O)N1CCSC1)C(N)=O. The van der Waals surface area contributed by atoms with Crippen molar-refractivity contribution in [2.45, 2.75) is 18.1 Å². The Morgan fingerprint density at radius 3 is 2.61 bits per heavy atom. The molecule has 1 aliphatic heterocycles. The first-order chi connectivity index (χ1) is 8.35. The van der Waals surface area contributed by atoms with Crippen molar-refractivity contribution in [3.63, 3.8) is 0 Å². The predicted molar refractivity (Wildman–Crippen MR) is 71.3 cm³/mol. The van der Waals surface area contributed by atoms with Crippen LogP contribution >= 0.6 is 23.5 Å². The van der Waals surface area contributed by atoms with Crippen LogP contribution in [0.2, 0.25) is 0 Å². The molecule has 1 rings (SSSR count). The Morgan fingerprint density at radius 1 is 1.50 bits per heavy atom. The minimum Gasteiger partial charge on any atom is -0.481 e. The van der Waals surface area contributed by atoms with Crippen LogP contribution in [0.3, 0.4) is 0 Å². The molecule has 1 aliphatic rings. The maximum atomic E-state index is 11.8. The van der Waals surface area contributed by atoms with Crippen LogP contribution in [0.5, 0.6) is 0 Å². The van der Waals surface area contributed by atoms with Gasteiger partial charge in [0.15, 0.2) is 0 Å².